The SMILES string of the molecule is CCCCCCCCCCOC(=O)c1cccc(CBr)c1. The van der Waals surface area contributed by atoms with Crippen LogP contribution in [-0.4, -0.2) is 12.6 Å². The molecule has 0 atom stereocenters. The minimum absolute atomic E-state index is 0.208. The van der Waals surface area contributed by atoms with Crippen molar-refractivity contribution in [1.29, 1.82) is 0 Å². The van der Waals surface area contributed by atoms with E-state index in [0.29, 0.717) is 12.2 Å². The lowest BCUT2D eigenvalue weighted by Gasteiger charge is -2.06. The number of carbonyl (C=O) groups is 1. The van der Waals surface area contributed by atoms with Crippen molar-refractivity contribution in [2.45, 2.75) is 63.6 Å². The zero-order valence-electron chi connectivity index (χ0n) is 13.1. The summed E-state index contributed by atoms with van der Waals surface area (Å²) in [4.78, 5) is 11.9. The van der Waals surface area contributed by atoms with E-state index in [2.05, 4.69) is 22.9 Å². The summed E-state index contributed by atoms with van der Waals surface area (Å²) < 4.78 is 5.32. The molecule has 2 nitrogen and oxygen atoms in total. The van der Waals surface area contributed by atoms with Gasteiger partial charge in [-0.25, -0.2) is 4.79 Å². The van der Waals surface area contributed by atoms with Gasteiger partial charge < -0.3 is 4.74 Å². The molecule has 1 rings (SSSR count). The van der Waals surface area contributed by atoms with Gasteiger partial charge in [-0.2, -0.15) is 0 Å². The Labute approximate surface area is 137 Å². The monoisotopic (exact) mass is 354 g/mol. The molecule has 0 amide bonds. The first-order valence-electron chi connectivity index (χ1n) is 8.10. The molecule has 0 aromatic heterocycles. The van der Waals surface area contributed by atoms with Crippen LogP contribution >= 0.6 is 15.9 Å². The highest BCUT2D eigenvalue weighted by molar-refractivity contribution is 9.08. The molecule has 0 saturated heterocycles. The van der Waals surface area contributed by atoms with Crippen molar-refractivity contribution in [2.24, 2.45) is 0 Å². The highest BCUT2D eigenvalue weighted by Crippen LogP contribution is 2.11. The number of carbonyl (C=O) groups excluding carboxylic acids is 1. The van der Waals surface area contributed by atoms with Gasteiger partial charge in [0.15, 0.2) is 0 Å². The third-order valence-electron chi connectivity index (χ3n) is 3.55. The van der Waals surface area contributed by atoms with Crippen molar-refractivity contribution in [3.05, 3.63) is 35.4 Å². The summed E-state index contributed by atoms with van der Waals surface area (Å²) >= 11 is 3.39. The van der Waals surface area contributed by atoms with Crippen LogP contribution in [0.25, 0.3) is 0 Å². The number of ether oxygens (including phenoxy) is 1. The Morgan fingerprint density at radius 2 is 1.71 bits per heavy atom. The van der Waals surface area contributed by atoms with Gasteiger partial charge >= 0.3 is 5.97 Å². The van der Waals surface area contributed by atoms with Gasteiger partial charge in [0, 0.05) is 5.33 Å². The molecule has 0 heterocycles. The first-order valence-corrected chi connectivity index (χ1v) is 9.22. The molecule has 0 unspecified atom stereocenters. The van der Waals surface area contributed by atoms with Crippen LogP contribution in [0.4, 0.5) is 0 Å². The molecule has 118 valence electrons. The second kappa shape index (κ2) is 11.8. The van der Waals surface area contributed by atoms with E-state index in [0.717, 1.165) is 23.7 Å². The summed E-state index contributed by atoms with van der Waals surface area (Å²) in [6, 6.07) is 7.57. The summed E-state index contributed by atoms with van der Waals surface area (Å²) in [5.41, 5.74) is 1.74. The van der Waals surface area contributed by atoms with Crippen LogP contribution in [0.1, 0.15) is 74.2 Å². The number of rotatable bonds is 11. The highest BCUT2D eigenvalue weighted by Gasteiger charge is 2.07. The van der Waals surface area contributed by atoms with E-state index < -0.39 is 0 Å². The third kappa shape index (κ3) is 8.25. The summed E-state index contributed by atoms with van der Waals surface area (Å²) in [6.45, 7) is 2.77. The zero-order chi connectivity index (χ0) is 15.3. The number of benzene rings is 1. The Kier molecular flexibility index (Phi) is 10.2. The number of hydrogen-bond acceptors (Lipinski definition) is 2. The topological polar surface area (TPSA) is 26.3 Å². The van der Waals surface area contributed by atoms with Gasteiger partial charge in [-0.3, -0.25) is 0 Å². The molecule has 0 aliphatic rings. The third-order valence-corrected chi connectivity index (χ3v) is 4.20. The van der Waals surface area contributed by atoms with E-state index >= 15 is 0 Å². The minimum atomic E-state index is -0.208. The fraction of sp³-hybridized carbons (Fsp3) is 0.611. The summed E-state index contributed by atoms with van der Waals surface area (Å²) in [6.07, 6.45) is 10.0. The second-order valence-corrected chi connectivity index (χ2v) is 6.01. The van der Waals surface area contributed by atoms with Gasteiger partial charge in [-0.15, -0.1) is 0 Å². The molecule has 1 aromatic rings. The molecule has 0 aliphatic carbocycles. The van der Waals surface area contributed by atoms with Crippen molar-refractivity contribution in [3.8, 4) is 0 Å². The Morgan fingerprint density at radius 3 is 2.38 bits per heavy atom. The Hall–Kier alpha value is -0.830. The van der Waals surface area contributed by atoms with Crippen LogP contribution < -0.4 is 0 Å². The molecule has 0 fully saturated rings. The van der Waals surface area contributed by atoms with Crippen molar-refractivity contribution in [2.75, 3.05) is 6.61 Å². The van der Waals surface area contributed by atoms with Gasteiger partial charge in [-0.05, 0) is 24.1 Å². The minimum Gasteiger partial charge on any atom is -0.462 e. The number of unbranched alkanes of at least 4 members (excludes halogenated alkanes) is 7. The van der Waals surface area contributed by atoms with Crippen molar-refractivity contribution >= 4 is 21.9 Å². The van der Waals surface area contributed by atoms with Crippen LogP contribution in [0.15, 0.2) is 24.3 Å². The van der Waals surface area contributed by atoms with Crippen molar-refractivity contribution < 1.29 is 9.53 Å². The van der Waals surface area contributed by atoms with Gasteiger partial charge in [-0.1, -0.05) is 79.9 Å². The molecule has 0 radical (unpaired) electrons. The maximum Gasteiger partial charge on any atom is 0.338 e. The maximum absolute atomic E-state index is 11.9. The van der Waals surface area contributed by atoms with Gasteiger partial charge in [0.2, 0.25) is 0 Å². The Morgan fingerprint density at radius 1 is 1.05 bits per heavy atom. The Balaban J connectivity index is 2.08. The largest absolute Gasteiger partial charge is 0.462 e. The normalized spacial score (nSPS) is 10.6. The van der Waals surface area contributed by atoms with E-state index in [1.54, 1.807) is 0 Å². The fourth-order valence-electron chi connectivity index (χ4n) is 2.27. The Bertz CT molecular complexity index is 404. The molecule has 0 spiro atoms. The standard InChI is InChI=1S/C18H27BrO2/c1-2-3-4-5-6-7-8-9-13-21-18(20)17-12-10-11-16(14-17)15-19/h10-12,14H,2-9,13,15H2,1H3. The van der Waals surface area contributed by atoms with Crippen molar-refractivity contribution in [1.82, 2.24) is 0 Å². The fourth-order valence-corrected chi connectivity index (χ4v) is 2.61. The second-order valence-electron chi connectivity index (χ2n) is 5.44. The van der Waals surface area contributed by atoms with Crippen LogP contribution in [0.3, 0.4) is 0 Å². The van der Waals surface area contributed by atoms with E-state index in [1.165, 1.54) is 38.5 Å². The molecule has 0 saturated carbocycles. The molecule has 0 N–H and O–H groups in total. The highest BCUT2D eigenvalue weighted by atomic mass is 79.9. The molecular weight excluding hydrogens is 328 g/mol. The quantitative estimate of drug-likeness (QED) is 0.281. The first-order chi connectivity index (χ1) is 10.3. The lowest BCUT2D eigenvalue weighted by Crippen LogP contribution is -2.06. The van der Waals surface area contributed by atoms with Crippen molar-refractivity contribution in [3.63, 3.8) is 0 Å². The first kappa shape index (κ1) is 18.2. The number of halogens is 1. The number of hydrogen-bond donors (Lipinski definition) is 0. The molecular formula is C18H27BrO2. The summed E-state index contributed by atoms with van der Waals surface area (Å²) in [5.74, 6) is -0.208. The number of esters is 1. The van der Waals surface area contributed by atoms with Gasteiger partial charge in [0.05, 0.1) is 12.2 Å². The van der Waals surface area contributed by atoms with Gasteiger partial charge in [0.25, 0.3) is 0 Å². The summed E-state index contributed by atoms with van der Waals surface area (Å²) in [5, 5.41) is 0.756. The predicted molar refractivity (Wildman–Crippen MR) is 92.0 cm³/mol. The average Bonchev–Trinajstić information content (AvgIpc) is 2.53. The molecule has 0 bridgehead atoms. The van der Waals surface area contributed by atoms with Gasteiger partial charge in [0.1, 0.15) is 0 Å². The summed E-state index contributed by atoms with van der Waals surface area (Å²) in [7, 11) is 0. The molecule has 1 aromatic carbocycles. The van der Waals surface area contributed by atoms with E-state index in [4.69, 9.17) is 4.74 Å². The smallest absolute Gasteiger partial charge is 0.338 e. The van der Waals surface area contributed by atoms with E-state index in [9.17, 15) is 4.79 Å². The molecule has 21 heavy (non-hydrogen) atoms. The molecule has 3 heteroatoms. The average molecular weight is 355 g/mol. The van der Waals surface area contributed by atoms with Crippen LogP contribution in [0, 0.1) is 0 Å². The van der Waals surface area contributed by atoms with Crippen LogP contribution in [0.5, 0.6) is 0 Å². The maximum atomic E-state index is 11.9. The molecule has 0 aliphatic heterocycles. The number of alkyl halides is 1. The zero-order valence-corrected chi connectivity index (χ0v) is 14.7. The lowest BCUT2D eigenvalue weighted by atomic mass is 10.1. The lowest BCUT2D eigenvalue weighted by molar-refractivity contribution is 0.0497. The van der Waals surface area contributed by atoms with Crippen LogP contribution in [0.2, 0.25) is 0 Å². The van der Waals surface area contributed by atoms with Crippen LogP contribution in [-0.2, 0) is 10.1 Å². The van der Waals surface area contributed by atoms with E-state index in [1.807, 2.05) is 24.3 Å². The predicted octanol–water partition coefficient (Wildman–Crippen LogP) is 5.88. The van der Waals surface area contributed by atoms with E-state index in [-0.39, 0.29) is 5.97 Å².